The highest BCUT2D eigenvalue weighted by atomic mass is 32.2. The highest BCUT2D eigenvalue weighted by Gasteiger charge is 2.32. The molecule has 7 heteroatoms. The Morgan fingerprint density at radius 1 is 1.47 bits per heavy atom. The van der Waals surface area contributed by atoms with Crippen molar-refractivity contribution in [1.82, 2.24) is 0 Å². The molecule has 19 heavy (non-hydrogen) atoms. The number of carbonyl (C=O) groups is 1. The van der Waals surface area contributed by atoms with Crippen LogP contribution in [-0.4, -0.2) is 26.6 Å². The maximum Gasteiger partial charge on any atom is 0.227 e. The number of carbonyl (C=O) groups excluding carboxylic acids is 1. The van der Waals surface area contributed by atoms with Gasteiger partial charge in [0.1, 0.15) is 5.82 Å². The predicted molar refractivity (Wildman–Crippen MR) is 69.6 cm³/mol. The number of primary sulfonamides is 1. The van der Waals surface area contributed by atoms with Gasteiger partial charge >= 0.3 is 0 Å². The first-order valence-electron chi connectivity index (χ1n) is 5.83. The van der Waals surface area contributed by atoms with Crippen LogP contribution < -0.4 is 10.0 Å². The van der Waals surface area contributed by atoms with Gasteiger partial charge in [0.25, 0.3) is 0 Å². The van der Waals surface area contributed by atoms with E-state index in [-0.39, 0.29) is 36.4 Å². The predicted octanol–water partition coefficient (Wildman–Crippen LogP) is 0.776. The zero-order valence-electron chi connectivity index (χ0n) is 10.5. The third-order valence-corrected chi connectivity index (χ3v) is 4.08. The Hall–Kier alpha value is -1.47. The molecule has 1 aromatic rings. The average molecular weight is 286 g/mol. The van der Waals surface area contributed by atoms with E-state index in [0.29, 0.717) is 11.3 Å². The number of hydrogen-bond donors (Lipinski definition) is 1. The van der Waals surface area contributed by atoms with Crippen LogP contribution in [0.5, 0.6) is 0 Å². The molecule has 1 saturated heterocycles. The van der Waals surface area contributed by atoms with Gasteiger partial charge in [-0.1, -0.05) is 6.07 Å². The fourth-order valence-corrected chi connectivity index (χ4v) is 3.10. The minimum absolute atomic E-state index is 0.117. The molecule has 0 spiro atoms. The van der Waals surface area contributed by atoms with E-state index in [4.69, 9.17) is 5.14 Å². The summed E-state index contributed by atoms with van der Waals surface area (Å²) in [7, 11) is -3.60. The van der Waals surface area contributed by atoms with Gasteiger partial charge in [0.05, 0.1) is 5.75 Å². The summed E-state index contributed by atoms with van der Waals surface area (Å²) in [5.41, 5.74) is 0.946. The van der Waals surface area contributed by atoms with E-state index in [1.165, 1.54) is 11.0 Å². The number of benzene rings is 1. The summed E-state index contributed by atoms with van der Waals surface area (Å²) in [6.07, 6.45) is 0.117. The second kappa shape index (κ2) is 4.90. The quantitative estimate of drug-likeness (QED) is 0.891. The Kier molecular flexibility index (Phi) is 3.60. The van der Waals surface area contributed by atoms with Crippen molar-refractivity contribution < 1.29 is 17.6 Å². The smallest absolute Gasteiger partial charge is 0.227 e. The highest BCUT2D eigenvalue weighted by Crippen LogP contribution is 2.26. The van der Waals surface area contributed by atoms with Crippen LogP contribution in [-0.2, 0) is 14.8 Å². The number of nitrogens with two attached hydrogens (primary N) is 1. The summed E-state index contributed by atoms with van der Waals surface area (Å²) in [6, 6.07) is 4.52. The molecule has 0 aliphatic carbocycles. The number of anilines is 1. The molecule has 1 heterocycles. The fraction of sp³-hybridized carbons (Fsp3) is 0.417. The fourth-order valence-electron chi connectivity index (χ4n) is 2.22. The van der Waals surface area contributed by atoms with Crippen LogP contribution in [0.15, 0.2) is 18.2 Å². The van der Waals surface area contributed by atoms with E-state index in [9.17, 15) is 17.6 Å². The second-order valence-electron chi connectivity index (χ2n) is 4.84. The SMILES string of the molecule is Cc1ccc(N2CC(CS(N)(=O)=O)CC2=O)cc1F. The van der Waals surface area contributed by atoms with Crippen molar-refractivity contribution in [2.45, 2.75) is 13.3 Å². The maximum atomic E-state index is 13.5. The minimum atomic E-state index is -3.60. The van der Waals surface area contributed by atoms with Crippen molar-refractivity contribution in [3.8, 4) is 0 Å². The van der Waals surface area contributed by atoms with Crippen LogP contribution in [0.2, 0.25) is 0 Å². The summed E-state index contributed by atoms with van der Waals surface area (Å²) >= 11 is 0. The van der Waals surface area contributed by atoms with Gasteiger partial charge in [-0.25, -0.2) is 17.9 Å². The van der Waals surface area contributed by atoms with Gasteiger partial charge in [-0.05, 0) is 24.6 Å². The van der Waals surface area contributed by atoms with Gasteiger partial charge in [-0.3, -0.25) is 4.79 Å². The normalized spacial score (nSPS) is 20.1. The zero-order valence-corrected chi connectivity index (χ0v) is 11.3. The van der Waals surface area contributed by atoms with Crippen molar-refractivity contribution in [3.05, 3.63) is 29.6 Å². The van der Waals surface area contributed by atoms with Crippen LogP contribution in [0.1, 0.15) is 12.0 Å². The first-order chi connectivity index (χ1) is 8.76. The molecule has 1 aromatic carbocycles. The van der Waals surface area contributed by atoms with E-state index in [2.05, 4.69) is 0 Å². The Bertz CT molecular complexity index is 615. The number of halogens is 1. The van der Waals surface area contributed by atoms with Crippen LogP contribution in [0.3, 0.4) is 0 Å². The number of aryl methyl sites for hydroxylation is 1. The Labute approximate surface area is 111 Å². The minimum Gasteiger partial charge on any atom is -0.312 e. The van der Waals surface area contributed by atoms with E-state index >= 15 is 0 Å². The maximum absolute atomic E-state index is 13.5. The van der Waals surface area contributed by atoms with Crippen molar-refractivity contribution in [1.29, 1.82) is 0 Å². The third-order valence-electron chi connectivity index (χ3n) is 3.14. The molecular weight excluding hydrogens is 271 g/mol. The van der Waals surface area contributed by atoms with Crippen molar-refractivity contribution in [3.63, 3.8) is 0 Å². The van der Waals surface area contributed by atoms with Gasteiger partial charge in [0, 0.05) is 24.6 Å². The van der Waals surface area contributed by atoms with Gasteiger partial charge < -0.3 is 4.90 Å². The molecule has 104 valence electrons. The molecule has 5 nitrogen and oxygen atoms in total. The standard InChI is InChI=1S/C12H15FN2O3S/c1-8-2-3-10(5-11(8)13)15-6-9(4-12(15)16)7-19(14,17)18/h2-3,5,9H,4,6-7H2,1H3,(H2,14,17,18). The van der Waals surface area contributed by atoms with Crippen LogP contribution >= 0.6 is 0 Å². The molecule has 0 saturated carbocycles. The molecule has 1 amide bonds. The van der Waals surface area contributed by atoms with Crippen molar-refractivity contribution >= 4 is 21.6 Å². The molecule has 0 bridgehead atoms. The lowest BCUT2D eigenvalue weighted by molar-refractivity contribution is -0.117. The lowest BCUT2D eigenvalue weighted by Crippen LogP contribution is -2.27. The van der Waals surface area contributed by atoms with Gasteiger partial charge in [-0.2, -0.15) is 0 Å². The van der Waals surface area contributed by atoms with E-state index in [1.807, 2.05) is 0 Å². The Morgan fingerprint density at radius 3 is 2.74 bits per heavy atom. The summed E-state index contributed by atoms with van der Waals surface area (Å²) in [5.74, 6) is -1.17. The average Bonchev–Trinajstić information content (AvgIpc) is 2.61. The molecular formula is C12H15FN2O3S. The van der Waals surface area contributed by atoms with Crippen molar-refractivity contribution in [2.24, 2.45) is 11.1 Å². The van der Waals surface area contributed by atoms with Crippen molar-refractivity contribution in [2.75, 3.05) is 17.2 Å². The lowest BCUT2D eigenvalue weighted by Gasteiger charge is -2.17. The number of nitrogens with zero attached hydrogens (tertiary/aromatic N) is 1. The summed E-state index contributed by atoms with van der Waals surface area (Å²) in [4.78, 5) is 13.2. The zero-order chi connectivity index (χ0) is 14.2. The summed E-state index contributed by atoms with van der Waals surface area (Å²) < 4.78 is 35.5. The number of hydrogen-bond acceptors (Lipinski definition) is 3. The molecule has 1 aliphatic heterocycles. The largest absolute Gasteiger partial charge is 0.312 e. The molecule has 2 rings (SSSR count). The topological polar surface area (TPSA) is 80.5 Å². The summed E-state index contributed by atoms with van der Waals surface area (Å²) in [5, 5.41) is 4.97. The van der Waals surface area contributed by atoms with Crippen LogP contribution in [0, 0.1) is 18.7 Å². The number of amides is 1. The molecule has 1 fully saturated rings. The lowest BCUT2D eigenvalue weighted by atomic mass is 10.1. The molecule has 1 atom stereocenters. The van der Waals surface area contributed by atoms with E-state index in [0.717, 1.165) is 0 Å². The molecule has 2 N–H and O–H groups in total. The van der Waals surface area contributed by atoms with E-state index in [1.54, 1.807) is 19.1 Å². The monoisotopic (exact) mass is 286 g/mol. The first-order valence-corrected chi connectivity index (χ1v) is 7.55. The molecule has 1 unspecified atom stereocenters. The van der Waals surface area contributed by atoms with Gasteiger partial charge in [0.2, 0.25) is 15.9 Å². The van der Waals surface area contributed by atoms with Crippen LogP contribution in [0.4, 0.5) is 10.1 Å². The molecule has 1 aliphatic rings. The van der Waals surface area contributed by atoms with Gasteiger partial charge in [0.15, 0.2) is 0 Å². The van der Waals surface area contributed by atoms with Crippen LogP contribution in [0.25, 0.3) is 0 Å². The number of sulfonamides is 1. The number of rotatable bonds is 3. The Balaban J connectivity index is 2.18. The summed E-state index contributed by atoms with van der Waals surface area (Å²) in [6.45, 7) is 1.88. The van der Waals surface area contributed by atoms with E-state index < -0.39 is 10.0 Å². The van der Waals surface area contributed by atoms with Gasteiger partial charge in [-0.15, -0.1) is 0 Å². The second-order valence-corrected chi connectivity index (χ2v) is 6.50. The molecule has 0 aromatic heterocycles. The highest BCUT2D eigenvalue weighted by molar-refractivity contribution is 7.89. The third kappa shape index (κ3) is 3.30. The first kappa shape index (κ1) is 14.0. The Morgan fingerprint density at radius 2 is 2.16 bits per heavy atom. The molecule has 0 radical (unpaired) electrons.